The summed E-state index contributed by atoms with van der Waals surface area (Å²) in [6.07, 6.45) is 36.3. The average Bonchev–Trinajstić information content (AvgIpc) is 2.98. The van der Waals surface area contributed by atoms with Crippen molar-refractivity contribution in [2.75, 3.05) is 0 Å². The van der Waals surface area contributed by atoms with Gasteiger partial charge >= 0.3 is 17.9 Å². The smallest absolute Gasteiger partial charge is 0.307 e. The quantitative estimate of drug-likeness (QED) is 0.208. The zero-order valence-electron chi connectivity index (χ0n) is 28.7. The Morgan fingerprint density at radius 2 is 0.609 bits per heavy atom. The molecule has 8 nitrogen and oxygen atoms in total. The second-order valence-electron chi connectivity index (χ2n) is 12.8. The molecule has 0 saturated heterocycles. The van der Waals surface area contributed by atoms with Crippen LogP contribution in [0, 0.1) is 0 Å². The van der Waals surface area contributed by atoms with Gasteiger partial charge in [-0.15, -0.1) is 0 Å². The summed E-state index contributed by atoms with van der Waals surface area (Å²) in [5.41, 5.74) is 3.42. The lowest BCUT2D eigenvalue weighted by Crippen LogP contribution is -1.98. The summed E-state index contributed by atoms with van der Waals surface area (Å²) < 4.78 is 0. The standard InChI is InChI=1S/3C12H20O2.C2H4O2/c3*13-12(14)10-11-8-6-4-2-1-3-5-7-9-11;1-2(3)4/h3*8H,1-7,9-10H2,(H,13,14);1H3,(H,3,4). The lowest BCUT2D eigenvalue weighted by Gasteiger charge is -2.08. The number of carboxylic acids is 4. The van der Waals surface area contributed by atoms with Crippen LogP contribution in [-0.4, -0.2) is 44.3 Å². The molecule has 0 aromatic heterocycles. The summed E-state index contributed by atoms with van der Waals surface area (Å²) >= 11 is 0. The highest BCUT2D eigenvalue weighted by Crippen LogP contribution is 2.21. The van der Waals surface area contributed by atoms with Crippen LogP contribution in [0.3, 0.4) is 0 Å². The summed E-state index contributed by atoms with van der Waals surface area (Å²) in [4.78, 5) is 40.7. The number of hydrogen-bond acceptors (Lipinski definition) is 4. The molecule has 3 aliphatic rings. The van der Waals surface area contributed by atoms with Crippen molar-refractivity contribution in [3.63, 3.8) is 0 Å². The Kier molecular flexibility index (Phi) is 28.8. The minimum absolute atomic E-state index is 0.250. The van der Waals surface area contributed by atoms with Crippen LogP contribution in [0.4, 0.5) is 0 Å². The SMILES string of the molecule is CC(=O)O.O=C(O)CC1=CCCCCCCCC1.O=C(O)CC1=CCCCCCCCC1.O=C(O)CC1=CCCCCCCCC1. The molecular formula is C38H64O8. The third-order valence-corrected chi connectivity index (χ3v) is 8.29. The molecule has 0 aromatic rings. The highest BCUT2D eigenvalue weighted by atomic mass is 16.4. The number of allylic oxidation sites excluding steroid dienone is 3. The first-order valence-electron chi connectivity index (χ1n) is 18.0. The monoisotopic (exact) mass is 648 g/mol. The maximum atomic E-state index is 10.6. The first kappa shape index (κ1) is 43.1. The minimum Gasteiger partial charge on any atom is -0.481 e. The van der Waals surface area contributed by atoms with E-state index >= 15 is 0 Å². The van der Waals surface area contributed by atoms with E-state index in [0.717, 1.165) is 62.2 Å². The average molecular weight is 649 g/mol. The second-order valence-corrected chi connectivity index (χ2v) is 12.8. The normalized spacial score (nSPS) is 18.7. The summed E-state index contributed by atoms with van der Waals surface area (Å²) in [6.45, 7) is 1.08. The molecule has 0 radical (unpaired) electrons. The van der Waals surface area contributed by atoms with Gasteiger partial charge in [-0.3, -0.25) is 19.2 Å². The number of carbonyl (C=O) groups is 4. The zero-order chi connectivity index (χ0) is 34.3. The zero-order valence-corrected chi connectivity index (χ0v) is 28.7. The Balaban J connectivity index is 0.000000623. The van der Waals surface area contributed by atoms with Crippen molar-refractivity contribution < 1.29 is 39.6 Å². The maximum Gasteiger partial charge on any atom is 0.307 e. The molecule has 0 unspecified atom stereocenters. The lowest BCUT2D eigenvalue weighted by atomic mass is 9.98. The maximum absolute atomic E-state index is 10.6. The van der Waals surface area contributed by atoms with Gasteiger partial charge in [0.05, 0.1) is 19.3 Å². The Morgan fingerprint density at radius 1 is 0.413 bits per heavy atom. The van der Waals surface area contributed by atoms with Gasteiger partial charge in [0.2, 0.25) is 0 Å². The fourth-order valence-corrected chi connectivity index (χ4v) is 5.90. The molecule has 8 heteroatoms. The molecule has 0 atom stereocenters. The molecule has 4 N–H and O–H groups in total. The summed E-state index contributed by atoms with van der Waals surface area (Å²) in [7, 11) is 0. The molecule has 0 aliphatic heterocycles. The molecule has 0 saturated carbocycles. The second kappa shape index (κ2) is 30.7. The minimum atomic E-state index is -0.833. The van der Waals surface area contributed by atoms with Gasteiger partial charge in [0, 0.05) is 6.92 Å². The van der Waals surface area contributed by atoms with Gasteiger partial charge in [0.25, 0.3) is 5.97 Å². The van der Waals surface area contributed by atoms with Crippen LogP contribution in [0.1, 0.15) is 180 Å². The fraction of sp³-hybridized carbons (Fsp3) is 0.737. The van der Waals surface area contributed by atoms with Crippen molar-refractivity contribution in [1.82, 2.24) is 0 Å². The number of hydrogen-bond donors (Lipinski definition) is 4. The predicted molar refractivity (Wildman–Crippen MR) is 185 cm³/mol. The van der Waals surface area contributed by atoms with Crippen molar-refractivity contribution in [1.29, 1.82) is 0 Å². The Bertz CT molecular complexity index is 818. The Hall–Kier alpha value is -2.90. The van der Waals surface area contributed by atoms with Gasteiger partial charge in [0.15, 0.2) is 0 Å². The van der Waals surface area contributed by atoms with E-state index in [9.17, 15) is 14.4 Å². The number of carboxylic acid groups (broad SMARTS) is 4. The van der Waals surface area contributed by atoms with Gasteiger partial charge in [-0.2, -0.15) is 0 Å². The van der Waals surface area contributed by atoms with Crippen molar-refractivity contribution >= 4 is 23.9 Å². The molecule has 0 amide bonds. The highest BCUT2D eigenvalue weighted by molar-refractivity contribution is 5.70. The lowest BCUT2D eigenvalue weighted by molar-refractivity contribution is -0.137. The van der Waals surface area contributed by atoms with Gasteiger partial charge in [0.1, 0.15) is 0 Å². The highest BCUT2D eigenvalue weighted by Gasteiger charge is 2.07. The molecule has 0 spiro atoms. The van der Waals surface area contributed by atoms with Crippen LogP contribution >= 0.6 is 0 Å². The van der Waals surface area contributed by atoms with Crippen molar-refractivity contribution in [3.8, 4) is 0 Å². The van der Waals surface area contributed by atoms with E-state index in [1.807, 2.05) is 0 Å². The molecule has 0 heterocycles. The van der Waals surface area contributed by atoms with Crippen LogP contribution in [0.5, 0.6) is 0 Å². The molecule has 3 rings (SSSR count). The Labute approximate surface area is 278 Å². The van der Waals surface area contributed by atoms with E-state index in [-0.39, 0.29) is 19.3 Å². The van der Waals surface area contributed by atoms with E-state index in [1.165, 1.54) is 116 Å². The van der Waals surface area contributed by atoms with Crippen LogP contribution in [0.25, 0.3) is 0 Å². The molecule has 0 bridgehead atoms. The topological polar surface area (TPSA) is 149 Å². The molecule has 0 aromatic carbocycles. The van der Waals surface area contributed by atoms with E-state index < -0.39 is 23.9 Å². The van der Waals surface area contributed by atoms with Crippen LogP contribution in [-0.2, 0) is 19.2 Å². The molecular weight excluding hydrogens is 584 g/mol. The molecule has 46 heavy (non-hydrogen) atoms. The van der Waals surface area contributed by atoms with Crippen molar-refractivity contribution in [2.24, 2.45) is 0 Å². The first-order chi connectivity index (χ1) is 22.1. The van der Waals surface area contributed by atoms with Crippen LogP contribution in [0.15, 0.2) is 34.9 Å². The Morgan fingerprint density at radius 3 is 0.826 bits per heavy atom. The van der Waals surface area contributed by atoms with Crippen LogP contribution < -0.4 is 0 Å². The van der Waals surface area contributed by atoms with E-state index in [1.54, 1.807) is 0 Å². The molecule has 0 fully saturated rings. The van der Waals surface area contributed by atoms with Gasteiger partial charge in [-0.25, -0.2) is 0 Å². The van der Waals surface area contributed by atoms with Gasteiger partial charge in [-0.1, -0.05) is 112 Å². The van der Waals surface area contributed by atoms with Crippen molar-refractivity contribution in [3.05, 3.63) is 34.9 Å². The van der Waals surface area contributed by atoms with Gasteiger partial charge < -0.3 is 20.4 Å². The third kappa shape index (κ3) is 32.5. The van der Waals surface area contributed by atoms with Crippen molar-refractivity contribution in [2.45, 2.75) is 180 Å². The fourth-order valence-electron chi connectivity index (χ4n) is 5.90. The molecule has 3 aliphatic carbocycles. The predicted octanol–water partition coefficient (Wildman–Crippen LogP) is 10.7. The van der Waals surface area contributed by atoms with Gasteiger partial charge in [-0.05, 0) is 77.0 Å². The summed E-state index contributed by atoms with van der Waals surface area (Å²) in [6, 6.07) is 0. The van der Waals surface area contributed by atoms with E-state index in [4.69, 9.17) is 25.2 Å². The molecule has 264 valence electrons. The first-order valence-corrected chi connectivity index (χ1v) is 18.0. The summed E-state index contributed by atoms with van der Waals surface area (Å²) in [5, 5.41) is 33.6. The van der Waals surface area contributed by atoms with E-state index in [2.05, 4.69) is 18.2 Å². The number of rotatable bonds is 6. The largest absolute Gasteiger partial charge is 0.481 e. The number of aliphatic carboxylic acids is 4. The summed E-state index contributed by atoms with van der Waals surface area (Å²) in [5.74, 6) is -2.89. The third-order valence-electron chi connectivity index (χ3n) is 8.29. The van der Waals surface area contributed by atoms with E-state index in [0.29, 0.717) is 0 Å². The van der Waals surface area contributed by atoms with Crippen LogP contribution in [0.2, 0.25) is 0 Å².